The van der Waals surface area contributed by atoms with Crippen molar-refractivity contribution in [2.75, 3.05) is 0 Å². The number of pyridine rings is 1. The van der Waals surface area contributed by atoms with E-state index in [1.807, 2.05) is 66.7 Å². The molecule has 5 heteroatoms. The van der Waals surface area contributed by atoms with Crippen molar-refractivity contribution >= 4 is 22.8 Å². The Kier molecular flexibility index (Phi) is 4.82. The molecule has 5 nitrogen and oxygen atoms in total. The van der Waals surface area contributed by atoms with E-state index in [1.165, 1.54) is 0 Å². The van der Waals surface area contributed by atoms with Crippen LogP contribution in [0.15, 0.2) is 66.7 Å². The van der Waals surface area contributed by atoms with Gasteiger partial charge in [-0.05, 0) is 37.0 Å². The van der Waals surface area contributed by atoms with Gasteiger partial charge in [0.2, 0.25) is 0 Å². The van der Waals surface area contributed by atoms with E-state index in [2.05, 4.69) is 4.98 Å². The molecule has 0 aliphatic carbocycles. The van der Waals surface area contributed by atoms with Gasteiger partial charge < -0.3 is 9.47 Å². The number of carbonyl (C=O) groups is 2. The molecule has 29 heavy (non-hydrogen) atoms. The van der Waals surface area contributed by atoms with Crippen LogP contribution in [0.1, 0.15) is 31.5 Å². The fraction of sp³-hybridized carbons (Fsp3) is 0.292. The second kappa shape index (κ2) is 7.32. The van der Waals surface area contributed by atoms with Crippen molar-refractivity contribution < 1.29 is 19.1 Å². The number of aryl methyl sites for hydroxylation is 1. The van der Waals surface area contributed by atoms with Gasteiger partial charge in [-0.3, -0.25) is 14.6 Å². The number of para-hydroxylation sites is 1. The molecule has 1 aliphatic heterocycles. The van der Waals surface area contributed by atoms with Gasteiger partial charge in [0.15, 0.2) is 5.41 Å². The van der Waals surface area contributed by atoms with Crippen LogP contribution in [0.5, 0.6) is 0 Å². The molecule has 1 saturated heterocycles. The van der Waals surface area contributed by atoms with Gasteiger partial charge in [-0.15, -0.1) is 0 Å². The van der Waals surface area contributed by atoms with E-state index in [0.717, 1.165) is 22.2 Å². The fourth-order valence-corrected chi connectivity index (χ4v) is 3.72. The maximum absolute atomic E-state index is 13.0. The van der Waals surface area contributed by atoms with Crippen molar-refractivity contribution in [3.63, 3.8) is 0 Å². The average molecular weight is 389 g/mol. The molecule has 0 spiro atoms. The predicted molar refractivity (Wildman–Crippen MR) is 109 cm³/mol. The van der Waals surface area contributed by atoms with Crippen molar-refractivity contribution in [3.05, 3.63) is 78.0 Å². The summed E-state index contributed by atoms with van der Waals surface area (Å²) in [6.07, 6.45) is 0.957. The molecule has 0 unspecified atom stereocenters. The minimum Gasteiger partial charge on any atom is -0.422 e. The molecule has 0 bridgehead atoms. The minimum absolute atomic E-state index is 0.231. The van der Waals surface area contributed by atoms with Crippen molar-refractivity contribution in [3.8, 4) is 0 Å². The number of nitrogens with zero attached hydrogens (tertiary/aromatic N) is 1. The lowest BCUT2D eigenvalue weighted by molar-refractivity contribution is -0.251. The Morgan fingerprint density at radius 1 is 0.828 bits per heavy atom. The third-order valence-corrected chi connectivity index (χ3v) is 5.27. The number of ether oxygens (including phenoxy) is 2. The number of carbonyl (C=O) groups excluding carboxylic acids is 2. The number of benzene rings is 2. The van der Waals surface area contributed by atoms with Crippen LogP contribution < -0.4 is 0 Å². The Balaban J connectivity index is 1.64. The number of hydrogen-bond acceptors (Lipinski definition) is 5. The topological polar surface area (TPSA) is 65.5 Å². The van der Waals surface area contributed by atoms with Crippen LogP contribution in [0.3, 0.4) is 0 Å². The second-order valence-corrected chi connectivity index (χ2v) is 7.92. The molecule has 4 rings (SSSR count). The fourth-order valence-electron chi connectivity index (χ4n) is 3.72. The van der Waals surface area contributed by atoms with Crippen LogP contribution in [-0.2, 0) is 31.9 Å². The van der Waals surface area contributed by atoms with Gasteiger partial charge >= 0.3 is 11.9 Å². The summed E-state index contributed by atoms with van der Waals surface area (Å²) in [5.74, 6) is -2.33. The molecule has 3 aromatic rings. The van der Waals surface area contributed by atoms with E-state index >= 15 is 0 Å². The first-order valence-electron chi connectivity index (χ1n) is 9.73. The summed E-state index contributed by atoms with van der Waals surface area (Å²) in [5, 5.41) is 1.05. The lowest BCUT2D eigenvalue weighted by Crippen LogP contribution is -2.55. The standard InChI is InChI=1S/C24H23NO4/c1-23(2)28-21(26)24(22(27)29-23,16-17-8-4-3-5-9-17)15-14-19-13-12-18-10-6-7-11-20(18)25-19/h3-13H,14-16H2,1-2H3. The van der Waals surface area contributed by atoms with Crippen molar-refractivity contribution in [1.82, 2.24) is 4.98 Å². The van der Waals surface area contributed by atoms with E-state index in [0.29, 0.717) is 6.42 Å². The molecule has 1 aliphatic rings. The third-order valence-electron chi connectivity index (χ3n) is 5.27. The number of cyclic esters (lactones) is 2. The SMILES string of the molecule is CC1(C)OC(=O)C(CCc2ccc3ccccc3n2)(Cc2ccccc2)C(=O)O1. The van der Waals surface area contributed by atoms with E-state index in [4.69, 9.17) is 9.47 Å². The van der Waals surface area contributed by atoms with Crippen molar-refractivity contribution in [2.24, 2.45) is 5.41 Å². The highest BCUT2D eigenvalue weighted by molar-refractivity contribution is 6.02. The van der Waals surface area contributed by atoms with Gasteiger partial charge in [-0.2, -0.15) is 0 Å². The van der Waals surface area contributed by atoms with Crippen LogP contribution in [0.2, 0.25) is 0 Å². The Labute approximate surface area is 169 Å². The van der Waals surface area contributed by atoms with Crippen molar-refractivity contribution in [1.29, 1.82) is 0 Å². The maximum Gasteiger partial charge on any atom is 0.327 e. The summed E-state index contributed by atoms with van der Waals surface area (Å²) in [7, 11) is 0. The molecule has 0 saturated carbocycles. The summed E-state index contributed by atoms with van der Waals surface area (Å²) in [5.41, 5.74) is 1.20. The normalized spacial score (nSPS) is 17.6. The molecular weight excluding hydrogens is 366 g/mol. The van der Waals surface area contributed by atoms with Gasteiger partial charge in [-0.1, -0.05) is 54.6 Å². The smallest absolute Gasteiger partial charge is 0.327 e. The highest BCUT2D eigenvalue weighted by atomic mass is 16.7. The molecule has 2 aromatic carbocycles. The highest BCUT2D eigenvalue weighted by Gasteiger charge is 2.55. The predicted octanol–water partition coefficient (Wildman–Crippen LogP) is 4.23. The Hall–Kier alpha value is -3.21. The maximum atomic E-state index is 13.0. The van der Waals surface area contributed by atoms with E-state index in [-0.39, 0.29) is 12.8 Å². The van der Waals surface area contributed by atoms with Gasteiger partial charge in [0.05, 0.1) is 5.52 Å². The summed E-state index contributed by atoms with van der Waals surface area (Å²) < 4.78 is 11.0. The summed E-state index contributed by atoms with van der Waals surface area (Å²) in [4.78, 5) is 30.7. The number of esters is 2. The zero-order valence-corrected chi connectivity index (χ0v) is 16.6. The van der Waals surface area contributed by atoms with Gasteiger partial charge in [0, 0.05) is 24.9 Å². The quantitative estimate of drug-likeness (QED) is 0.483. The molecule has 0 N–H and O–H groups in total. The molecular formula is C24H23NO4. The van der Waals surface area contributed by atoms with E-state index in [1.54, 1.807) is 13.8 Å². The lowest BCUT2D eigenvalue weighted by Gasteiger charge is -2.40. The van der Waals surface area contributed by atoms with Crippen LogP contribution in [-0.4, -0.2) is 22.7 Å². The van der Waals surface area contributed by atoms with Gasteiger partial charge in [-0.25, -0.2) is 0 Å². The van der Waals surface area contributed by atoms with Crippen LogP contribution in [0, 0.1) is 5.41 Å². The molecule has 148 valence electrons. The zero-order chi connectivity index (χ0) is 20.5. The molecule has 0 amide bonds. The highest BCUT2D eigenvalue weighted by Crippen LogP contribution is 2.39. The molecule has 1 aromatic heterocycles. The average Bonchev–Trinajstić information content (AvgIpc) is 2.70. The minimum atomic E-state index is -1.38. The van der Waals surface area contributed by atoms with Crippen LogP contribution in [0.4, 0.5) is 0 Å². The second-order valence-electron chi connectivity index (χ2n) is 7.92. The first kappa shape index (κ1) is 19.1. The Bertz CT molecular complexity index is 1040. The van der Waals surface area contributed by atoms with Crippen LogP contribution in [0.25, 0.3) is 10.9 Å². The molecule has 0 atom stereocenters. The number of aromatic nitrogens is 1. The lowest BCUT2D eigenvalue weighted by atomic mass is 9.76. The first-order valence-corrected chi connectivity index (χ1v) is 9.73. The third kappa shape index (κ3) is 3.86. The summed E-state index contributed by atoms with van der Waals surface area (Å²) >= 11 is 0. The largest absolute Gasteiger partial charge is 0.422 e. The molecule has 1 fully saturated rings. The van der Waals surface area contributed by atoms with Gasteiger partial charge in [0.25, 0.3) is 5.79 Å². The van der Waals surface area contributed by atoms with Crippen LogP contribution >= 0.6 is 0 Å². The van der Waals surface area contributed by atoms with E-state index < -0.39 is 23.1 Å². The summed E-state index contributed by atoms with van der Waals surface area (Å²) in [6.45, 7) is 3.14. The van der Waals surface area contributed by atoms with Crippen molar-refractivity contribution in [2.45, 2.75) is 38.9 Å². The molecule has 0 radical (unpaired) electrons. The zero-order valence-electron chi connectivity index (χ0n) is 16.6. The number of hydrogen-bond donors (Lipinski definition) is 0. The van der Waals surface area contributed by atoms with E-state index in [9.17, 15) is 9.59 Å². The first-order chi connectivity index (χ1) is 13.9. The monoisotopic (exact) mass is 389 g/mol. The number of fused-ring (bicyclic) bond motifs is 1. The Morgan fingerprint density at radius 3 is 2.21 bits per heavy atom. The summed E-state index contributed by atoms with van der Waals surface area (Å²) in [6, 6.07) is 21.3. The van der Waals surface area contributed by atoms with Gasteiger partial charge in [0.1, 0.15) is 0 Å². The Morgan fingerprint density at radius 2 is 1.48 bits per heavy atom. The molecule has 2 heterocycles. The number of rotatable bonds is 5.